The summed E-state index contributed by atoms with van der Waals surface area (Å²) < 4.78 is 1.67. The molecule has 1 aromatic heterocycles. The van der Waals surface area contributed by atoms with Crippen molar-refractivity contribution in [3.8, 4) is 0 Å². The predicted molar refractivity (Wildman–Crippen MR) is 62.2 cm³/mol. The quantitative estimate of drug-likeness (QED) is 0.755. The highest BCUT2D eigenvalue weighted by Crippen LogP contribution is 2.04. The number of aryl methyl sites for hydroxylation is 2. The van der Waals surface area contributed by atoms with Crippen LogP contribution in [0.5, 0.6) is 0 Å². The number of aliphatic carboxylic acids is 1. The van der Waals surface area contributed by atoms with Crippen LogP contribution in [0.1, 0.15) is 45.2 Å². The highest BCUT2D eigenvalue weighted by Gasteiger charge is 1.99. The largest absolute Gasteiger partial charge is 0.481 e. The van der Waals surface area contributed by atoms with Crippen molar-refractivity contribution in [1.82, 2.24) is 15.0 Å². The second-order valence-electron chi connectivity index (χ2n) is 3.34. The summed E-state index contributed by atoms with van der Waals surface area (Å²) in [5.74, 6) is -0.718. The third kappa shape index (κ3) is 6.98. The van der Waals surface area contributed by atoms with Crippen LogP contribution >= 0.6 is 0 Å². The first-order chi connectivity index (χ1) is 7.68. The molecule has 92 valence electrons. The number of aromatic nitrogens is 3. The molecule has 0 fully saturated rings. The van der Waals surface area contributed by atoms with Gasteiger partial charge in [-0.25, -0.2) is 0 Å². The van der Waals surface area contributed by atoms with Gasteiger partial charge in [0.1, 0.15) is 0 Å². The van der Waals surface area contributed by atoms with Gasteiger partial charge in [-0.3, -0.25) is 9.48 Å². The van der Waals surface area contributed by atoms with Gasteiger partial charge < -0.3 is 5.11 Å². The molecule has 0 bridgehead atoms. The number of carboxylic acids is 1. The van der Waals surface area contributed by atoms with Crippen LogP contribution in [-0.4, -0.2) is 26.1 Å². The van der Waals surface area contributed by atoms with Crippen LogP contribution < -0.4 is 0 Å². The summed E-state index contributed by atoms with van der Waals surface area (Å²) in [6.07, 6.45) is 5.69. The molecule has 0 unspecified atom stereocenters. The maximum absolute atomic E-state index is 10.2. The molecule has 1 aromatic rings. The van der Waals surface area contributed by atoms with E-state index in [1.165, 1.54) is 0 Å². The average Bonchev–Trinajstić information content (AvgIpc) is 2.66. The van der Waals surface area contributed by atoms with E-state index in [-0.39, 0.29) is 6.42 Å². The van der Waals surface area contributed by atoms with Gasteiger partial charge in [-0.2, -0.15) is 0 Å². The fourth-order valence-corrected chi connectivity index (χ4v) is 1.27. The Morgan fingerprint density at radius 3 is 2.56 bits per heavy atom. The lowest BCUT2D eigenvalue weighted by molar-refractivity contribution is -0.137. The molecule has 1 N–H and O–H groups in total. The van der Waals surface area contributed by atoms with Gasteiger partial charge in [0.25, 0.3) is 0 Å². The standard InChI is InChI=1S/C9H15N3O2.C2H6/c1-12-7-8(10-11-12)5-3-2-4-6-9(13)14;1-2/h7H,2-6H2,1H3,(H,13,14);1-2H3. The lowest BCUT2D eigenvalue weighted by atomic mass is 10.1. The van der Waals surface area contributed by atoms with Crippen LogP contribution in [0.15, 0.2) is 6.20 Å². The predicted octanol–water partition coefficient (Wildman–Crippen LogP) is 2.03. The highest BCUT2D eigenvalue weighted by atomic mass is 16.4. The van der Waals surface area contributed by atoms with Gasteiger partial charge in [0, 0.05) is 19.7 Å². The van der Waals surface area contributed by atoms with Gasteiger partial charge in [-0.15, -0.1) is 5.10 Å². The molecule has 5 heteroatoms. The van der Waals surface area contributed by atoms with Crippen LogP contribution in [0.25, 0.3) is 0 Å². The third-order valence-electron chi connectivity index (χ3n) is 1.97. The number of carboxylic acid groups (broad SMARTS) is 1. The molecule has 0 spiro atoms. The molecule has 0 amide bonds. The monoisotopic (exact) mass is 227 g/mol. The van der Waals surface area contributed by atoms with Crippen LogP contribution in [-0.2, 0) is 18.3 Å². The van der Waals surface area contributed by atoms with Gasteiger partial charge in [0.15, 0.2) is 0 Å². The second kappa shape index (κ2) is 8.88. The Morgan fingerprint density at radius 2 is 2.06 bits per heavy atom. The van der Waals surface area contributed by atoms with E-state index in [1.807, 2.05) is 27.1 Å². The zero-order valence-corrected chi connectivity index (χ0v) is 10.3. The highest BCUT2D eigenvalue weighted by molar-refractivity contribution is 5.66. The molecular weight excluding hydrogens is 206 g/mol. The van der Waals surface area contributed by atoms with Crippen molar-refractivity contribution in [1.29, 1.82) is 0 Å². The molecule has 16 heavy (non-hydrogen) atoms. The Hall–Kier alpha value is -1.39. The van der Waals surface area contributed by atoms with Gasteiger partial charge in [0.2, 0.25) is 0 Å². The van der Waals surface area contributed by atoms with E-state index in [4.69, 9.17) is 5.11 Å². The molecule has 0 saturated heterocycles. The first-order valence-electron chi connectivity index (χ1n) is 5.75. The Labute approximate surface area is 96.5 Å². The molecule has 0 radical (unpaired) electrons. The summed E-state index contributed by atoms with van der Waals surface area (Å²) in [7, 11) is 1.83. The molecule has 0 atom stereocenters. The minimum atomic E-state index is -0.718. The zero-order chi connectivity index (χ0) is 12.4. The van der Waals surface area contributed by atoms with E-state index in [0.717, 1.165) is 31.4 Å². The van der Waals surface area contributed by atoms with E-state index < -0.39 is 5.97 Å². The summed E-state index contributed by atoms with van der Waals surface area (Å²) in [6.45, 7) is 4.00. The minimum Gasteiger partial charge on any atom is -0.481 e. The van der Waals surface area contributed by atoms with Crippen molar-refractivity contribution in [2.24, 2.45) is 7.05 Å². The van der Waals surface area contributed by atoms with E-state index >= 15 is 0 Å². The smallest absolute Gasteiger partial charge is 0.303 e. The number of nitrogens with zero attached hydrogens (tertiary/aromatic N) is 3. The first kappa shape index (κ1) is 14.6. The summed E-state index contributed by atoms with van der Waals surface area (Å²) in [4.78, 5) is 10.2. The molecule has 1 heterocycles. The Kier molecular flexibility index (Phi) is 8.11. The number of rotatable bonds is 6. The molecule has 0 aliphatic carbocycles. The summed E-state index contributed by atoms with van der Waals surface area (Å²) in [5, 5.41) is 16.2. The second-order valence-corrected chi connectivity index (χ2v) is 3.34. The maximum atomic E-state index is 10.2. The maximum Gasteiger partial charge on any atom is 0.303 e. The Bertz CT molecular complexity index is 297. The minimum absolute atomic E-state index is 0.264. The normalized spacial score (nSPS) is 9.44. The number of unbranched alkanes of at least 4 members (excludes halogenated alkanes) is 2. The van der Waals surface area contributed by atoms with E-state index in [2.05, 4.69) is 10.3 Å². The average molecular weight is 227 g/mol. The van der Waals surface area contributed by atoms with Crippen molar-refractivity contribution in [2.75, 3.05) is 0 Å². The van der Waals surface area contributed by atoms with Crippen LogP contribution in [0, 0.1) is 0 Å². The SMILES string of the molecule is CC.Cn1cc(CCCCCC(=O)O)nn1. The third-order valence-corrected chi connectivity index (χ3v) is 1.97. The van der Waals surface area contributed by atoms with E-state index in [9.17, 15) is 4.79 Å². The first-order valence-corrected chi connectivity index (χ1v) is 5.75. The van der Waals surface area contributed by atoms with Crippen LogP contribution in [0.4, 0.5) is 0 Å². The number of carbonyl (C=O) groups is 1. The van der Waals surface area contributed by atoms with E-state index in [1.54, 1.807) is 4.68 Å². The molecule has 0 aromatic carbocycles. The summed E-state index contributed by atoms with van der Waals surface area (Å²) in [6, 6.07) is 0. The topological polar surface area (TPSA) is 68.0 Å². The molecule has 0 saturated carbocycles. The van der Waals surface area contributed by atoms with Gasteiger partial charge >= 0.3 is 5.97 Å². The van der Waals surface area contributed by atoms with Gasteiger partial charge in [0.05, 0.1) is 5.69 Å². The van der Waals surface area contributed by atoms with Crippen molar-refractivity contribution >= 4 is 5.97 Å². The van der Waals surface area contributed by atoms with Crippen molar-refractivity contribution in [3.63, 3.8) is 0 Å². The number of hydrogen-bond donors (Lipinski definition) is 1. The molecule has 5 nitrogen and oxygen atoms in total. The number of hydrogen-bond acceptors (Lipinski definition) is 3. The Balaban J connectivity index is 0.00000106. The molecule has 0 aliphatic rings. The van der Waals surface area contributed by atoms with Crippen molar-refractivity contribution in [3.05, 3.63) is 11.9 Å². The molecular formula is C11H21N3O2. The summed E-state index contributed by atoms with van der Waals surface area (Å²) >= 11 is 0. The lowest BCUT2D eigenvalue weighted by Gasteiger charge is -1.95. The Morgan fingerprint density at radius 1 is 1.38 bits per heavy atom. The van der Waals surface area contributed by atoms with Gasteiger partial charge in [-0.1, -0.05) is 25.5 Å². The summed E-state index contributed by atoms with van der Waals surface area (Å²) in [5.41, 5.74) is 0.975. The fourth-order valence-electron chi connectivity index (χ4n) is 1.27. The van der Waals surface area contributed by atoms with Crippen LogP contribution in [0.3, 0.4) is 0 Å². The van der Waals surface area contributed by atoms with Crippen molar-refractivity contribution in [2.45, 2.75) is 46.0 Å². The van der Waals surface area contributed by atoms with Gasteiger partial charge in [-0.05, 0) is 19.3 Å². The lowest BCUT2D eigenvalue weighted by Crippen LogP contribution is -1.94. The van der Waals surface area contributed by atoms with Crippen LogP contribution in [0.2, 0.25) is 0 Å². The van der Waals surface area contributed by atoms with E-state index in [0.29, 0.717) is 0 Å². The molecule has 1 rings (SSSR count). The van der Waals surface area contributed by atoms with Crippen molar-refractivity contribution < 1.29 is 9.90 Å². The molecule has 0 aliphatic heterocycles. The zero-order valence-electron chi connectivity index (χ0n) is 10.3. The fraction of sp³-hybridized carbons (Fsp3) is 0.727.